The molecule has 0 aliphatic carbocycles. The van der Waals surface area contributed by atoms with Crippen LogP contribution in [0.5, 0.6) is 5.75 Å². The van der Waals surface area contributed by atoms with Gasteiger partial charge in [-0.25, -0.2) is 14.5 Å². The van der Waals surface area contributed by atoms with Gasteiger partial charge in [0, 0.05) is 58.1 Å². The molecule has 10 nitrogen and oxygen atoms in total. The molecule has 0 bridgehead atoms. The lowest BCUT2D eigenvalue weighted by atomic mass is 10.1. The third-order valence-electron chi connectivity index (χ3n) is 7.95. The minimum atomic E-state index is -0.390. The molecule has 0 spiro atoms. The van der Waals surface area contributed by atoms with Crippen molar-refractivity contribution >= 4 is 17.2 Å². The van der Waals surface area contributed by atoms with Crippen LogP contribution in [-0.4, -0.2) is 102 Å². The van der Waals surface area contributed by atoms with E-state index in [-0.39, 0.29) is 17.7 Å². The molecule has 42 heavy (non-hydrogen) atoms. The summed E-state index contributed by atoms with van der Waals surface area (Å²) in [6.45, 7) is 7.15. The fraction of sp³-hybridized carbons (Fsp3) is 0.452. The first-order valence-corrected chi connectivity index (χ1v) is 14.8. The van der Waals surface area contributed by atoms with E-state index in [9.17, 15) is 0 Å². The summed E-state index contributed by atoms with van der Waals surface area (Å²) in [5, 5.41) is 11.2. The van der Waals surface area contributed by atoms with Crippen molar-refractivity contribution < 1.29 is 9.13 Å². The number of piperidine rings is 1. The molecule has 3 aromatic heterocycles. The molecule has 2 N–H and O–H groups in total. The number of rotatable bonds is 10. The van der Waals surface area contributed by atoms with Gasteiger partial charge in [0.2, 0.25) is 5.82 Å². The molecule has 6 rings (SSSR count). The topological polar surface area (TPSA) is 86.1 Å². The van der Waals surface area contributed by atoms with Crippen molar-refractivity contribution in [2.45, 2.75) is 25.4 Å². The van der Waals surface area contributed by atoms with Crippen LogP contribution in [0.15, 0.2) is 54.9 Å². The number of benzene rings is 1. The van der Waals surface area contributed by atoms with Crippen LogP contribution in [0.1, 0.15) is 18.4 Å². The Hall–Kier alpha value is -3.80. The highest BCUT2D eigenvalue weighted by Crippen LogP contribution is 2.30. The zero-order valence-corrected chi connectivity index (χ0v) is 24.5. The average molecular weight is 574 g/mol. The largest absolute Gasteiger partial charge is 0.492 e. The first-order chi connectivity index (χ1) is 20.5. The Morgan fingerprint density at radius 2 is 1.90 bits per heavy atom. The molecule has 2 saturated heterocycles. The van der Waals surface area contributed by atoms with Gasteiger partial charge >= 0.3 is 0 Å². The minimum absolute atomic E-state index is 0.120. The number of aromatic nitrogens is 4. The molecule has 2 aliphatic heterocycles. The van der Waals surface area contributed by atoms with E-state index < -0.39 is 0 Å². The third-order valence-corrected chi connectivity index (χ3v) is 7.95. The zero-order chi connectivity index (χ0) is 28.9. The second kappa shape index (κ2) is 13.0. The minimum Gasteiger partial charge on any atom is -0.492 e. The Bertz CT molecular complexity index is 1460. The Kier molecular flexibility index (Phi) is 8.78. The van der Waals surface area contributed by atoms with Crippen LogP contribution in [0.25, 0.3) is 16.9 Å². The normalized spacial score (nSPS) is 18.1. The van der Waals surface area contributed by atoms with Gasteiger partial charge in [0.05, 0.1) is 17.3 Å². The van der Waals surface area contributed by atoms with Crippen LogP contribution in [0, 0.1) is 5.82 Å². The van der Waals surface area contributed by atoms with E-state index in [1.54, 1.807) is 10.7 Å². The maximum atomic E-state index is 16.1. The molecule has 1 atom stereocenters. The summed E-state index contributed by atoms with van der Waals surface area (Å²) in [5.74, 6) is 1.59. The van der Waals surface area contributed by atoms with Gasteiger partial charge in [0.25, 0.3) is 0 Å². The highest BCUT2D eigenvalue weighted by Gasteiger charge is 2.26. The quantitative estimate of drug-likeness (QED) is 0.297. The molecule has 1 aromatic carbocycles. The molecule has 2 aliphatic rings. The number of halogens is 1. The molecule has 0 unspecified atom stereocenters. The zero-order valence-electron chi connectivity index (χ0n) is 24.5. The number of nitrogens with zero attached hydrogens (tertiary/aromatic N) is 7. The first kappa shape index (κ1) is 28.3. The van der Waals surface area contributed by atoms with Crippen molar-refractivity contribution in [1.82, 2.24) is 34.7 Å². The standard InChI is InChI=1S/C31H40FN9O/c1-38(2)18-19-42-25-10-8-23(9-11-25)22-39-14-16-40(17-15-39)31-28(32)30(35-24-6-5-12-33-20-24)36-29(37-31)26-21-34-41-13-4-3-7-27(26)41/h3-4,7-11,13,21,24,33H,5-6,12,14-20,22H2,1-2H3,(H,35,36,37)/t24-/m1/s1. The van der Waals surface area contributed by atoms with Crippen molar-refractivity contribution in [3.8, 4) is 17.1 Å². The molecule has 222 valence electrons. The molecule has 0 amide bonds. The molecular formula is C31H40FN9O. The van der Waals surface area contributed by atoms with Crippen LogP contribution >= 0.6 is 0 Å². The summed E-state index contributed by atoms with van der Waals surface area (Å²) in [7, 11) is 4.08. The van der Waals surface area contributed by atoms with Crippen molar-refractivity contribution in [1.29, 1.82) is 0 Å². The summed E-state index contributed by atoms with van der Waals surface area (Å²) in [6, 6.07) is 14.3. The van der Waals surface area contributed by atoms with E-state index in [4.69, 9.17) is 14.7 Å². The number of fused-ring (bicyclic) bond motifs is 1. The number of hydrogen-bond acceptors (Lipinski definition) is 9. The van der Waals surface area contributed by atoms with Crippen LogP contribution in [0.4, 0.5) is 16.0 Å². The molecule has 0 radical (unpaired) electrons. The van der Waals surface area contributed by atoms with Gasteiger partial charge in [0.15, 0.2) is 17.5 Å². The van der Waals surface area contributed by atoms with Gasteiger partial charge in [0.1, 0.15) is 12.4 Å². The van der Waals surface area contributed by atoms with Gasteiger partial charge < -0.3 is 25.2 Å². The number of ether oxygens (including phenoxy) is 1. The molecule has 0 saturated carbocycles. The summed E-state index contributed by atoms with van der Waals surface area (Å²) in [6.07, 6.45) is 5.67. The fourth-order valence-electron chi connectivity index (χ4n) is 5.55. The predicted molar refractivity (Wildman–Crippen MR) is 164 cm³/mol. The second-order valence-electron chi connectivity index (χ2n) is 11.4. The first-order valence-electron chi connectivity index (χ1n) is 14.8. The maximum absolute atomic E-state index is 16.1. The molecule has 2 fully saturated rings. The van der Waals surface area contributed by atoms with Gasteiger partial charge in [-0.2, -0.15) is 9.49 Å². The number of anilines is 2. The van der Waals surface area contributed by atoms with E-state index in [1.165, 1.54) is 5.56 Å². The number of nitrogens with one attached hydrogen (secondary N) is 2. The van der Waals surface area contributed by atoms with Gasteiger partial charge in [-0.1, -0.05) is 18.2 Å². The lowest BCUT2D eigenvalue weighted by molar-refractivity contribution is 0.248. The highest BCUT2D eigenvalue weighted by atomic mass is 19.1. The average Bonchev–Trinajstić information content (AvgIpc) is 3.44. The van der Waals surface area contributed by atoms with Gasteiger partial charge in [-0.15, -0.1) is 0 Å². The number of piperazine rings is 1. The van der Waals surface area contributed by atoms with Crippen molar-refractivity contribution in [3.63, 3.8) is 0 Å². The van der Waals surface area contributed by atoms with Crippen LogP contribution in [0.2, 0.25) is 0 Å². The second-order valence-corrected chi connectivity index (χ2v) is 11.4. The monoisotopic (exact) mass is 573 g/mol. The van der Waals surface area contributed by atoms with Gasteiger partial charge in [-0.3, -0.25) is 4.90 Å². The van der Waals surface area contributed by atoms with Gasteiger partial charge in [-0.05, 0) is 63.3 Å². The lowest BCUT2D eigenvalue weighted by Crippen LogP contribution is -2.46. The third kappa shape index (κ3) is 6.64. The van der Waals surface area contributed by atoms with Crippen LogP contribution < -0.4 is 20.3 Å². The lowest BCUT2D eigenvalue weighted by Gasteiger charge is -2.36. The van der Waals surface area contributed by atoms with Crippen LogP contribution in [-0.2, 0) is 6.54 Å². The number of hydrogen-bond donors (Lipinski definition) is 2. The summed E-state index contributed by atoms with van der Waals surface area (Å²) < 4.78 is 23.7. The van der Waals surface area contributed by atoms with E-state index in [0.29, 0.717) is 31.3 Å². The van der Waals surface area contributed by atoms with E-state index in [1.807, 2.05) is 50.6 Å². The maximum Gasteiger partial charge on any atom is 0.207 e. The Labute approximate surface area is 246 Å². The summed E-state index contributed by atoms with van der Waals surface area (Å²) in [5.41, 5.74) is 2.91. The molecular weight excluding hydrogens is 533 g/mol. The summed E-state index contributed by atoms with van der Waals surface area (Å²) >= 11 is 0. The van der Waals surface area contributed by atoms with E-state index in [0.717, 1.165) is 68.9 Å². The molecule has 4 aromatic rings. The molecule has 5 heterocycles. The van der Waals surface area contributed by atoms with Crippen LogP contribution in [0.3, 0.4) is 0 Å². The molecule has 11 heteroatoms. The van der Waals surface area contributed by atoms with Crippen molar-refractivity contribution in [3.05, 3.63) is 66.2 Å². The summed E-state index contributed by atoms with van der Waals surface area (Å²) in [4.78, 5) is 16.0. The van der Waals surface area contributed by atoms with E-state index >= 15 is 4.39 Å². The predicted octanol–water partition coefficient (Wildman–Crippen LogP) is 3.36. The smallest absolute Gasteiger partial charge is 0.207 e. The van der Waals surface area contributed by atoms with Crippen molar-refractivity contribution in [2.75, 3.05) is 76.7 Å². The highest BCUT2D eigenvalue weighted by molar-refractivity contribution is 5.77. The number of likely N-dealkylation sites (N-methyl/N-ethyl adjacent to an activating group) is 1. The Balaban J connectivity index is 1.17. The Morgan fingerprint density at radius 1 is 1.07 bits per heavy atom. The Morgan fingerprint density at radius 3 is 2.67 bits per heavy atom. The van der Waals surface area contributed by atoms with E-state index in [2.05, 4.69) is 42.6 Å². The fourth-order valence-corrected chi connectivity index (χ4v) is 5.55. The number of pyridine rings is 1. The van der Waals surface area contributed by atoms with Crippen molar-refractivity contribution in [2.24, 2.45) is 0 Å². The SMILES string of the molecule is CN(C)CCOc1ccc(CN2CCN(c3nc(-c4cnn5ccccc45)nc(N[C@@H]4CCCNC4)c3F)CC2)cc1.